The Hall–Kier alpha value is -1.27. The molecule has 0 unspecified atom stereocenters. The number of rotatable bonds is 3. The van der Waals surface area contributed by atoms with Crippen LogP contribution in [0.2, 0.25) is 0 Å². The van der Waals surface area contributed by atoms with Gasteiger partial charge in [-0.05, 0) is 33.8 Å². The number of nitrogens with one attached hydrogen (secondary N) is 1. The van der Waals surface area contributed by atoms with Gasteiger partial charge in [0.25, 0.3) is 0 Å². The molecular formula is C13H20N4OS. The molecule has 0 amide bonds. The Morgan fingerprint density at radius 1 is 1.37 bits per heavy atom. The molecule has 2 atom stereocenters. The van der Waals surface area contributed by atoms with E-state index in [9.17, 15) is 4.21 Å². The minimum Gasteiger partial charge on any atom is -0.266 e. The highest BCUT2D eigenvalue weighted by atomic mass is 32.2. The molecule has 104 valence electrons. The first-order valence-corrected chi connectivity index (χ1v) is 7.39. The Balaban J connectivity index is 2.22. The molecule has 0 saturated carbocycles. The van der Waals surface area contributed by atoms with Crippen molar-refractivity contribution < 1.29 is 4.21 Å². The molecule has 0 fully saturated rings. The summed E-state index contributed by atoms with van der Waals surface area (Å²) in [5, 5.41) is 5.24. The number of nitrogens with zero attached hydrogens (tertiary/aromatic N) is 3. The highest BCUT2D eigenvalue weighted by Crippen LogP contribution is 2.19. The third kappa shape index (κ3) is 3.01. The molecule has 0 aliphatic rings. The van der Waals surface area contributed by atoms with Gasteiger partial charge in [-0.1, -0.05) is 0 Å². The SMILES string of the molecule is C[C@@H](N[S@](=O)C(C)(C)C)c1cc2cnn(C)c2cn1. The average molecular weight is 280 g/mol. The van der Waals surface area contributed by atoms with Crippen LogP contribution in [0.1, 0.15) is 39.4 Å². The lowest BCUT2D eigenvalue weighted by Crippen LogP contribution is -2.35. The van der Waals surface area contributed by atoms with Gasteiger partial charge in [-0.25, -0.2) is 8.93 Å². The lowest BCUT2D eigenvalue weighted by molar-refractivity contribution is 0.612. The number of fused-ring (bicyclic) bond motifs is 1. The molecule has 0 aliphatic carbocycles. The number of pyridine rings is 1. The second kappa shape index (κ2) is 5.02. The molecule has 1 N–H and O–H groups in total. The summed E-state index contributed by atoms with van der Waals surface area (Å²) < 4.78 is 16.7. The second-order valence-electron chi connectivity index (χ2n) is 5.66. The summed E-state index contributed by atoms with van der Waals surface area (Å²) in [6.45, 7) is 7.80. The second-order valence-corrected chi connectivity index (χ2v) is 7.65. The van der Waals surface area contributed by atoms with Gasteiger partial charge in [0.15, 0.2) is 0 Å². The van der Waals surface area contributed by atoms with E-state index in [2.05, 4.69) is 14.8 Å². The number of aryl methyl sites for hydroxylation is 1. The van der Waals surface area contributed by atoms with Crippen LogP contribution in [0.5, 0.6) is 0 Å². The maximum absolute atomic E-state index is 12.1. The lowest BCUT2D eigenvalue weighted by atomic mass is 10.2. The minimum absolute atomic E-state index is 0.0651. The van der Waals surface area contributed by atoms with Crippen molar-refractivity contribution in [1.29, 1.82) is 0 Å². The highest BCUT2D eigenvalue weighted by molar-refractivity contribution is 7.84. The van der Waals surface area contributed by atoms with E-state index in [0.717, 1.165) is 16.6 Å². The van der Waals surface area contributed by atoms with Gasteiger partial charge >= 0.3 is 0 Å². The summed E-state index contributed by atoms with van der Waals surface area (Å²) in [4.78, 5) is 4.42. The van der Waals surface area contributed by atoms with Crippen molar-refractivity contribution in [1.82, 2.24) is 19.5 Å². The normalized spacial score (nSPS) is 15.6. The van der Waals surface area contributed by atoms with Gasteiger partial charge in [0, 0.05) is 12.4 Å². The zero-order chi connectivity index (χ0) is 14.2. The Bertz CT molecular complexity index is 615. The number of hydrogen-bond donors (Lipinski definition) is 1. The summed E-state index contributed by atoms with van der Waals surface area (Å²) in [6.07, 6.45) is 3.61. The molecule has 2 aromatic heterocycles. The van der Waals surface area contributed by atoms with Gasteiger partial charge < -0.3 is 0 Å². The molecule has 6 heteroatoms. The summed E-state index contributed by atoms with van der Waals surface area (Å²) >= 11 is 0. The van der Waals surface area contributed by atoms with E-state index in [1.54, 1.807) is 10.9 Å². The third-order valence-electron chi connectivity index (χ3n) is 2.94. The molecule has 0 aliphatic heterocycles. The van der Waals surface area contributed by atoms with E-state index in [-0.39, 0.29) is 10.8 Å². The highest BCUT2D eigenvalue weighted by Gasteiger charge is 2.22. The molecule has 0 aromatic carbocycles. The molecule has 0 saturated heterocycles. The zero-order valence-electron chi connectivity index (χ0n) is 12.0. The molecule has 0 spiro atoms. The van der Waals surface area contributed by atoms with Crippen molar-refractivity contribution in [2.75, 3.05) is 0 Å². The standard InChI is InChI=1S/C13H20N4OS/c1-9(16-19(18)13(2,3)4)11-6-10-7-15-17(5)12(10)8-14-11/h6-9,16H,1-5H3/t9-,19-/m1/s1. The van der Waals surface area contributed by atoms with Crippen molar-refractivity contribution in [3.8, 4) is 0 Å². The molecule has 2 rings (SSSR count). The topological polar surface area (TPSA) is 59.8 Å². The molecule has 0 bridgehead atoms. The van der Waals surface area contributed by atoms with Gasteiger partial charge in [-0.15, -0.1) is 0 Å². The van der Waals surface area contributed by atoms with Crippen molar-refractivity contribution >= 4 is 21.9 Å². The Kier molecular flexibility index (Phi) is 3.73. The summed E-state index contributed by atoms with van der Waals surface area (Å²) in [7, 11) is 0.782. The summed E-state index contributed by atoms with van der Waals surface area (Å²) in [6, 6.07) is 1.92. The van der Waals surface area contributed by atoms with Crippen LogP contribution in [0.15, 0.2) is 18.5 Å². The van der Waals surface area contributed by atoms with Crippen LogP contribution in [-0.2, 0) is 18.0 Å². The largest absolute Gasteiger partial charge is 0.266 e. The van der Waals surface area contributed by atoms with E-state index in [4.69, 9.17) is 0 Å². The Morgan fingerprint density at radius 3 is 2.68 bits per heavy atom. The van der Waals surface area contributed by atoms with Crippen LogP contribution in [0.25, 0.3) is 10.9 Å². The summed E-state index contributed by atoms with van der Waals surface area (Å²) in [5.74, 6) is 0. The van der Waals surface area contributed by atoms with E-state index in [1.165, 1.54) is 0 Å². The van der Waals surface area contributed by atoms with E-state index < -0.39 is 11.0 Å². The predicted octanol–water partition coefficient (Wildman–Crippen LogP) is 2.08. The van der Waals surface area contributed by atoms with Gasteiger partial charge in [0.2, 0.25) is 0 Å². The van der Waals surface area contributed by atoms with Crippen LogP contribution in [0, 0.1) is 0 Å². The van der Waals surface area contributed by atoms with Crippen molar-refractivity contribution in [2.45, 2.75) is 38.5 Å². The zero-order valence-corrected chi connectivity index (χ0v) is 12.8. The molecule has 2 aromatic rings. The van der Waals surface area contributed by atoms with Crippen molar-refractivity contribution in [3.63, 3.8) is 0 Å². The van der Waals surface area contributed by atoms with Crippen LogP contribution in [0.4, 0.5) is 0 Å². The van der Waals surface area contributed by atoms with Gasteiger partial charge in [0.05, 0.1) is 45.4 Å². The lowest BCUT2D eigenvalue weighted by Gasteiger charge is -2.21. The first-order valence-electron chi connectivity index (χ1n) is 6.25. The van der Waals surface area contributed by atoms with Gasteiger partial charge in [-0.3, -0.25) is 9.67 Å². The van der Waals surface area contributed by atoms with Crippen LogP contribution in [0.3, 0.4) is 0 Å². The fourth-order valence-corrected chi connectivity index (χ4v) is 2.50. The van der Waals surface area contributed by atoms with E-state index >= 15 is 0 Å². The van der Waals surface area contributed by atoms with Crippen LogP contribution >= 0.6 is 0 Å². The summed E-state index contributed by atoms with van der Waals surface area (Å²) in [5.41, 5.74) is 1.87. The monoisotopic (exact) mass is 280 g/mol. The maximum Gasteiger partial charge on any atom is 0.0976 e. The van der Waals surface area contributed by atoms with Crippen molar-refractivity contribution in [2.24, 2.45) is 7.05 Å². The Labute approximate surface area is 116 Å². The molecular weight excluding hydrogens is 260 g/mol. The van der Waals surface area contributed by atoms with E-state index in [1.807, 2.05) is 47.0 Å². The van der Waals surface area contributed by atoms with Gasteiger partial charge in [-0.2, -0.15) is 5.10 Å². The fourth-order valence-electron chi connectivity index (χ4n) is 1.70. The van der Waals surface area contributed by atoms with E-state index in [0.29, 0.717) is 0 Å². The molecule has 5 nitrogen and oxygen atoms in total. The fraction of sp³-hybridized carbons (Fsp3) is 0.538. The first kappa shape index (κ1) is 14.1. The average Bonchev–Trinajstić information content (AvgIpc) is 2.69. The number of aromatic nitrogens is 3. The third-order valence-corrected chi connectivity index (χ3v) is 4.62. The quantitative estimate of drug-likeness (QED) is 0.936. The van der Waals surface area contributed by atoms with Gasteiger partial charge in [0.1, 0.15) is 0 Å². The first-order chi connectivity index (χ1) is 8.79. The minimum atomic E-state index is -1.11. The Morgan fingerprint density at radius 2 is 2.05 bits per heavy atom. The molecule has 19 heavy (non-hydrogen) atoms. The smallest absolute Gasteiger partial charge is 0.0976 e. The van der Waals surface area contributed by atoms with Crippen molar-refractivity contribution in [3.05, 3.63) is 24.2 Å². The van der Waals surface area contributed by atoms with Crippen LogP contribution < -0.4 is 4.72 Å². The molecule has 0 radical (unpaired) electrons. The number of hydrogen-bond acceptors (Lipinski definition) is 3. The predicted molar refractivity (Wildman–Crippen MR) is 78.0 cm³/mol. The molecule has 2 heterocycles. The maximum atomic E-state index is 12.1. The van der Waals surface area contributed by atoms with Crippen LogP contribution in [-0.4, -0.2) is 23.7 Å².